The molecular weight excluding hydrogens is 382 g/mol. The largest absolute Gasteiger partial charge is 0.466 e. The SMILES string of the molecule is C=CCC(O)C/C(=N\OS(=O)(=O)O)SC1O[C@H](CO)[C@@H](O)[C@H](O)[C@H]1O. The van der Waals surface area contributed by atoms with E-state index in [9.17, 15) is 28.8 Å². The van der Waals surface area contributed by atoms with Crippen LogP contribution < -0.4 is 0 Å². The first-order chi connectivity index (χ1) is 11.6. The molecule has 6 atom stereocenters. The summed E-state index contributed by atoms with van der Waals surface area (Å²) in [5, 5.41) is 51.3. The second kappa shape index (κ2) is 9.80. The van der Waals surface area contributed by atoms with Gasteiger partial charge in [-0.15, -0.1) is 6.58 Å². The van der Waals surface area contributed by atoms with E-state index in [0.717, 1.165) is 0 Å². The fourth-order valence-electron chi connectivity index (χ4n) is 1.97. The first kappa shape index (κ1) is 22.3. The molecule has 1 saturated heterocycles. The van der Waals surface area contributed by atoms with Gasteiger partial charge in [0, 0.05) is 6.42 Å². The van der Waals surface area contributed by atoms with Crippen LogP contribution in [0.1, 0.15) is 12.8 Å². The van der Waals surface area contributed by atoms with Crippen molar-refractivity contribution in [3.63, 3.8) is 0 Å². The van der Waals surface area contributed by atoms with E-state index >= 15 is 0 Å². The molecule has 6 N–H and O–H groups in total. The topological polar surface area (TPSA) is 186 Å². The Kier molecular flexibility index (Phi) is 8.73. The Balaban J connectivity index is 2.92. The zero-order chi connectivity index (χ0) is 19.2. The van der Waals surface area contributed by atoms with Gasteiger partial charge in [-0.2, -0.15) is 8.42 Å². The molecule has 11 nitrogen and oxygen atoms in total. The smallest absolute Gasteiger partial charge is 0.394 e. The third-order valence-electron chi connectivity index (χ3n) is 3.18. The quantitative estimate of drug-likeness (QED) is 0.0863. The summed E-state index contributed by atoms with van der Waals surface area (Å²) < 4.78 is 39.0. The lowest BCUT2D eigenvalue weighted by Crippen LogP contribution is -2.57. The van der Waals surface area contributed by atoms with Crippen molar-refractivity contribution in [2.24, 2.45) is 5.16 Å². The van der Waals surface area contributed by atoms with E-state index in [0.29, 0.717) is 11.8 Å². The standard InChI is InChI=1S/C12H21NO10S2/c1-2-3-6(15)4-8(13-23-25(19,20)21)24-12-11(18)10(17)9(16)7(5-14)22-12/h2,6-7,9-12,14-18H,1,3-5H2,(H,19,20,21)/b13-8+/t6?,7-,9-,10+,11-,12?/m1/s1. The van der Waals surface area contributed by atoms with Crippen molar-refractivity contribution in [2.75, 3.05) is 6.61 Å². The van der Waals surface area contributed by atoms with Crippen LogP contribution in [0.2, 0.25) is 0 Å². The Labute approximate surface area is 148 Å². The summed E-state index contributed by atoms with van der Waals surface area (Å²) >= 11 is 0.594. The predicted molar refractivity (Wildman–Crippen MR) is 86.9 cm³/mol. The monoisotopic (exact) mass is 403 g/mol. The molecule has 1 rings (SSSR count). The first-order valence-electron chi connectivity index (χ1n) is 7.08. The summed E-state index contributed by atoms with van der Waals surface area (Å²) in [4.78, 5) is 0. The second-order valence-corrected chi connectivity index (χ2v) is 7.36. The van der Waals surface area contributed by atoms with Gasteiger partial charge in [-0.25, -0.2) is 4.28 Å². The van der Waals surface area contributed by atoms with Gasteiger partial charge >= 0.3 is 10.4 Å². The van der Waals surface area contributed by atoms with E-state index in [4.69, 9.17) is 14.4 Å². The summed E-state index contributed by atoms with van der Waals surface area (Å²) in [7, 11) is -4.89. The van der Waals surface area contributed by atoms with Gasteiger partial charge in [0.25, 0.3) is 0 Å². The Hall–Kier alpha value is -0.770. The van der Waals surface area contributed by atoms with Crippen molar-refractivity contribution in [1.82, 2.24) is 0 Å². The van der Waals surface area contributed by atoms with Gasteiger partial charge in [-0.1, -0.05) is 23.0 Å². The molecule has 0 aliphatic carbocycles. The number of rotatable bonds is 8. The van der Waals surface area contributed by atoms with Gasteiger partial charge in [-0.05, 0) is 6.42 Å². The summed E-state index contributed by atoms with van der Waals surface area (Å²) in [6.07, 6.45) is -5.67. The van der Waals surface area contributed by atoms with E-state index in [2.05, 4.69) is 16.0 Å². The highest BCUT2D eigenvalue weighted by molar-refractivity contribution is 8.14. The average molecular weight is 403 g/mol. The van der Waals surface area contributed by atoms with E-state index in [-0.39, 0.29) is 17.9 Å². The first-order valence-corrected chi connectivity index (χ1v) is 9.32. The van der Waals surface area contributed by atoms with Crippen LogP contribution in [0.5, 0.6) is 0 Å². The maximum atomic E-state index is 10.6. The molecular formula is C12H21NO10S2. The number of oxime groups is 1. The number of ether oxygens (including phenoxy) is 1. The minimum Gasteiger partial charge on any atom is -0.394 e. The minimum absolute atomic E-state index is 0.139. The van der Waals surface area contributed by atoms with Crippen molar-refractivity contribution in [3.05, 3.63) is 12.7 Å². The van der Waals surface area contributed by atoms with Gasteiger partial charge in [-0.3, -0.25) is 4.55 Å². The number of aliphatic hydroxyl groups is 5. The molecule has 25 heavy (non-hydrogen) atoms. The molecule has 0 aromatic heterocycles. The van der Waals surface area contributed by atoms with Crippen LogP contribution in [0.4, 0.5) is 0 Å². The van der Waals surface area contributed by atoms with Crippen molar-refractivity contribution < 1.29 is 47.5 Å². The van der Waals surface area contributed by atoms with Crippen LogP contribution in [-0.4, -0.2) is 86.1 Å². The zero-order valence-corrected chi connectivity index (χ0v) is 14.6. The maximum Gasteiger partial charge on any atom is 0.466 e. The maximum absolute atomic E-state index is 10.6. The van der Waals surface area contributed by atoms with E-state index in [1.165, 1.54) is 6.08 Å². The van der Waals surface area contributed by atoms with Crippen molar-refractivity contribution >= 4 is 27.2 Å². The summed E-state index contributed by atoms with van der Waals surface area (Å²) in [6.45, 7) is 2.79. The third kappa shape index (κ3) is 7.16. The Morgan fingerprint density at radius 2 is 1.96 bits per heavy atom. The molecule has 1 heterocycles. The van der Waals surface area contributed by atoms with Crippen LogP contribution in [0, 0.1) is 0 Å². The fraction of sp³-hybridized carbons (Fsp3) is 0.750. The van der Waals surface area contributed by atoms with Gasteiger partial charge in [0.2, 0.25) is 0 Å². The molecule has 0 saturated carbocycles. The minimum atomic E-state index is -4.89. The number of hydrogen-bond acceptors (Lipinski definition) is 11. The normalized spacial score (nSPS) is 32.2. The molecule has 2 unspecified atom stereocenters. The highest BCUT2D eigenvalue weighted by Crippen LogP contribution is 2.30. The summed E-state index contributed by atoms with van der Waals surface area (Å²) in [6, 6.07) is 0. The fourth-order valence-corrected chi connectivity index (χ4v) is 3.34. The molecule has 0 bridgehead atoms. The third-order valence-corrected chi connectivity index (χ3v) is 4.58. The van der Waals surface area contributed by atoms with Gasteiger partial charge in [0.15, 0.2) is 0 Å². The summed E-state index contributed by atoms with van der Waals surface area (Å²) in [5.41, 5.74) is -1.25. The zero-order valence-electron chi connectivity index (χ0n) is 12.9. The molecule has 0 aromatic carbocycles. The predicted octanol–water partition coefficient (Wildman–Crippen LogP) is -2.02. The second-order valence-electron chi connectivity index (χ2n) is 5.18. The van der Waals surface area contributed by atoms with Gasteiger partial charge in [0.1, 0.15) is 34.9 Å². The van der Waals surface area contributed by atoms with Crippen LogP contribution in [0.15, 0.2) is 17.8 Å². The highest BCUT2D eigenvalue weighted by Gasteiger charge is 2.44. The molecule has 0 spiro atoms. The number of nitrogens with zero attached hydrogens (tertiary/aromatic N) is 1. The van der Waals surface area contributed by atoms with Crippen LogP contribution in [0.25, 0.3) is 0 Å². The molecule has 1 aliphatic heterocycles. The number of aliphatic hydroxyl groups excluding tert-OH is 5. The molecule has 146 valence electrons. The molecule has 13 heteroatoms. The Morgan fingerprint density at radius 3 is 2.48 bits per heavy atom. The van der Waals surface area contributed by atoms with Crippen LogP contribution >= 0.6 is 11.8 Å². The van der Waals surface area contributed by atoms with E-state index < -0.39 is 53.0 Å². The number of hydrogen-bond donors (Lipinski definition) is 6. The Morgan fingerprint density at radius 1 is 1.32 bits per heavy atom. The molecule has 0 amide bonds. The van der Waals surface area contributed by atoms with Crippen LogP contribution in [0.3, 0.4) is 0 Å². The lowest BCUT2D eigenvalue weighted by molar-refractivity contribution is -0.205. The average Bonchev–Trinajstić information content (AvgIpc) is 2.52. The van der Waals surface area contributed by atoms with E-state index in [1.807, 2.05) is 0 Å². The van der Waals surface area contributed by atoms with Gasteiger partial charge in [0.05, 0.1) is 12.7 Å². The van der Waals surface area contributed by atoms with Crippen LogP contribution in [-0.2, 0) is 19.4 Å². The number of thioether (sulfide) groups is 1. The van der Waals surface area contributed by atoms with Gasteiger partial charge < -0.3 is 30.3 Å². The summed E-state index contributed by atoms with van der Waals surface area (Å²) in [5.74, 6) is 0. The highest BCUT2D eigenvalue weighted by atomic mass is 32.3. The molecule has 1 fully saturated rings. The lowest BCUT2D eigenvalue weighted by Gasteiger charge is -2.39. The van der Waals surface area contributed by atoms with Crippen molar-refractivity contribution in [2.45, 2.75) is 48.8 Å². The van der Waals surface area contributed by atoms with Crippen molar-refractivity contribution in [3.8, 4) is 0 Å². The molecule has 0 aromatic rings. The van der Waals surface area contributed by atoms with Crippen molar-refractivity contribution in [1.29, 1.82) is 0 Å². The van der Waals surface area contributed by atoms with E-state index in [1.54, 1.807) is 0 Å². The Bertz CT molecular complexity index is 566. The molecule has 0 radical (unpaired) electrons. The lowest BCUT2D eigenvalue weighted by atomic mass is 10.0. The molecule has 1 aliphatic rings.